The third-order valence-electron chi connectivity index (χ3n) is 3.03. The Morgan fingerprint density at radius 3 is 2.50 bits per heavy atom. The van der Waals surface area contributed by atoms with Crippen LogP contribution in [-0.4, -0.2) is 43.5 Å². The molecular weight excluding hydrogens is 266 g/mol. The molecule has 0 spiro atoms. The van der Waals surface area contributed by atoms with Gasteiger partial charge in [0.25, 0.3) is 0 Å². The maximum Gasteiger partial charge on any atom is 0.337 e. The number of H-pyrrole nitrogens is 1. The van der Waals surface area contributed by atoms with Crippen molar-refractivity contribution in [3.05, 3.63) is 35.5 Å². The number of fused-ring (bicyclic) bond motifs is 1. The molecule has 106 valence electrons. The Hall–Kier alpha value is -2.38. The van der Waals surface area contributed by atoms with Crippen molar-refractivity contribution in [1.82, 2.24) is 4.98 Å². The van der Waals surface area contributed by atoms with Crippen LogP contribution < -0.4 is 0 Å². The van der Waals surface area contributed by atoms with E-state index in [9.17, 15) is 19.8 Å². The highest BCUT2D eigenvalue weighted by Gasteiger charge is 2.22. The largest absolute Gasteiger partial charge is 0.481 e. The summed E-state index contributed by atoms with van der Waals surface area (Å²) in [7, 11) is 0. The molecule has 7 heteroatoms. The van der Waals surface area contributed by atoms with Crippen LogP contribution >= 0.6 is 0 Å². The zero-order chi connectivity index (χ0) is 14.9. The Labute approximate surface area is 113 Å². The number of hydrogen-bond acceptors (Lipinski definition) is 4. The number of hydrogen-bond donors (Lipinski definition) is 5. The van der Waals surface area contributed by atoms with Crippen molar-refractivity contribution in [3.63, 3.8) is 0 Å². The van der Waals surface area contributed by atoms with E-state index in [0.29, 0.717) is 10.9 Å². The summed E-state index contributed by atoms with van der Waals surface area (Å²) < 4.78 is 0. The normalized spacial score (nSPS) is 14.1. The second-order valence-corrected chi connectivity index (χ2v) is 4.42. The first-order valence-corrected chi connectivity index (χ1v) is 5.82. The van der Waals surface area contributed by atoms with E-state index in [0.717, 1.165) is 0 Å². The molecule has 0 saturated heterocycles. The number of nitrogens with one attached hydrogen (secondary N) is 1. The first-order chi connectivity index (χ1) is 9.40. The van der Waals surface area contributed by atoms with E-state index >= 15 is 0 Å². The van der Waals surface area contributed by atoms with E-state index in [2.05, 4.69) is 4.98 Å². The van der Waals surface area contributed by atoms with Gasteiger partial charge < -0.3 is 25.4 Å². The van der Waals surface area contributed by atoms with E-state index in [-0.39, 0.29) is 11.1 Å². The minimum Gasteiger partial charge on any atom is -0.481 e. The third-order valence-corrected chi connectivity index (χ3v) is 3.03. The molecule has 2 unspecified atom stereocenters. The molecule has 1 aromatic heterocycles. The molecule has 2 aromatic rings. The number of aromatic amines is 1. The summed E-state index contributed by atoms with van der Waals surface area (Å²) in [5.41, 5.74) is 0.876. The number of carboxylic acids is 2. The molecule has 0 amide bonds. The first-order valence-electron chi connectivity index (χ1n) is 5.82. The molecule has 2 atom stereocenters. The number of aliphatic hydroxyl groups is 2. The van der Waals surface area contributed by atoms with Crippen molar-refractivity contribution in [3.8, 4) is 0 Å². The Balaban J connectivity index is 2.37. The third kappa shape index (κ3) is 2.63. The molecule has 0 aliphatic rings. The quantitative estimate of drug-likeness (QED) is 0.548. The number of carbonyl (C=O) groups is 2. The van der Waals surface area contributed by atoms with Gasteiger partial charge >= 0.3 is 11.9 Å². The molecule has 0 aliphatic carbocycles. The van der Waals surface area contributed by atoms with Crippen LogP contribution in [-0.2, 0) is 4.79 Å². The summed E-state index contributed by atoms with van der Waals surface area (Å²) in [6, 6.07) is 4.49. The Morgan fingerprint density at radius 2 is 1.90 bits per heavy atom. The zero-order valence-corrected chi connectivity index (χ0v) is 10.3. The fourth-order valence-electron chi connectivity index (χ4n) is 2.01. The first kappa shape index (κ1) is 14.0. The van der Waals surface area contributed by atoms with Gasteiger partial charge in [0.15, 0.2) is 0 Å². The monoisotopic (exact) mass is 279 g/mol. The summed E-state index contributed by atoms with van der Waals surface area (Å²) in [4.78, 5) is 24.3. The van der Waals surface area contributed by atoms with Crippen molar-refractivity contribution in [2.75, 3.05) is 0 Å². The van der Waals surface area contributed by atoms with Crippen molar-refractivity contribution < 1.29 is 30.0 Å². The lowest BCUT2D eigenvalue weighted by Gasteiger charge is -2.16. The van der Waals surface area contributed by atoms with E-state index < -0.39 is 30.6 Å². The summed E-state index contributed by atoms with van der Waals surface area (Å²) >= 11 is 0. The lowest BCUT2D eigenvalue weighted by Crippen LogP contribution is -2.21. The Kier molecular flexibility index (Phi) is 3.73. The fraction of sp³-hybridized carbons (Fsp3) is 0.231. The molecule has 1 aromatic carbocycles. The number of aromatic carboxylic acids is 1. The van der Waals surface area contributed by atoms with Crippen molar-refractivity contribution in [2.24, 2.45) is 0 Å². The fourth-order valence-corrected chi connectivity index (χ4v) is 2.01. The van der Waals surface area contributed by atoms with Gasteiger partial charge in [-0.2, -0.15) is 0 Å². The second-order valence-electron chi connectivity index (χ2n) is 4.42. The van der Waals surface area contributed by atoms with Crippen LogP contribution in [0.2, 0.25) is 0 Å². The van der Waals surface area contributed by atoms with Crippen LogP contribution in [0.1, 0.15) is 28.4 Å². The molecular formula is C13H13NO6. The highest BCUT2D eigenvalue weighted by molar-refractivity contribution is 6.03. The summed E-state index contributed by atoms with van der Waals surface area (Å²) in [5.74, 6) is -2.35. The highest BCUT2D eigenvalue weighted by Crippen LogP contribution is 2.25. The van der Waals surface area contributed by atoms with Gasteiger partial charge in [-0.3, -0.25) is 4.79 Å². The number of aliphatic carboxylic acids is 1. The van der Waals surface area contributed by atoms with Gasteiger partial charge in [0.05, 0.1) is 18.1 Å². The summed E-state index contributed by atoms with van der Waals surface area (Å²) in [5, 5.41) is 37.5. The predicted octanol–water partition coefficient (Wildman–Crippen LogP) is 0.735. The predicted molar refractivity (Wildman–Crippen MR) is 68.5 cm³/mol. The van der Waals surface area contributed by atoms with Gasteiger partial charge in [0.2, 0.25) is 0 Å². The number of carboxylic acid groups (broad SMARTS) is 2. The molecule has 1 heterocycles. The number of benzene rings is 1. The Morgan fingerprint density at radius 1 is 1.20 bits per heavy atom. The van der Waals surface area contributed by atoms with Gasteiger partial charge in [-0.05, 0) is 17.7 Å². The van der Waals surface area contributed by atoms with Gasteiger partial charge in [-0.15, -0.1) is 0 Å². The molecule has 0 bridgehead atoms. The molecule has 0 fully saturated rings. The van der Waals surface area contributed by atoms with Crippen molar-refractivity contribution in [1.29, 1.82) is 0 Å². The molecule has 20 heavy (non-hydrogen) atoms. The lowest BCUT2D eigenvalue weighted by molar-refractivity contribution is -0.141. The minimum absolute atomic E-state index is 0.0433. The SMILES string of the molecule is O=C(O)CC(O)C(O)c1ccc2[nH]cc(C(=O)O)c2c1. The maximum atomic E-state index is 11.0. The zero-order valence-electron chi connectivity index (χ0n) is 10.3. The summed E-state index contributed by atoms with van der Waals surface area (Å²) in [6.45, 7) is 0. The van der Waals surface area contributed by atoms with E-state index in [4.69, 9.17) is 10.2 Å². The topological polar surface area (TPSA) is 131 Å². The van der Waals surface area contributed by atoms with Crippen LogP contribution in [0.4, 0.5) is 0 Å². The second kappa shape index (κ2) is 5.32. The minimum atomic E-state index is -1.46. The average Bonchev–Trinajstić information content (AvgIpc) is 2.79. The van der Waals surface area contributed by atoms with Gasteiger partial charge in [0, 0.05) is 17.1 Å². The van der Waals surface area contributed by atoms with Crippen molar-refractivity contribution in [2.45, 2.75) is 18.6 Å². The molecule has 2 rings (SSSR count). The molecule has 7 nitrogen and oxygen atoms in total. The van der Waals surface area contributed by atoms with E-state index in [1.54, 1.807) is 6.07 Å². The van der Waals surface area contributed by atoms with Gasteiger partial charge in [-0.25, -0.2) is 4.79 Å². The van der Waals surface area contributed by atoms with Crippen LogP contribution in [0.3, 0.4) is 0 Å². The smallest absolute Gasteiger partial charge is 0.337 e. The van der Waals surface area contributed by atoms with Gasteiger partial charge in [0.1, 0.15) is 6.10 Å². The van der Waals surface area contributed by atoms with Gasteiger partial charge in [-0.1, -0.05) is 6.07 Å². The molecule has 0 saturated carbocycles. The molecule has 0 aliphatic heterocycles. The van der Waals surface area contributed by atoms with Crippen LogP contribution in [0.25, 0.3) is 10.9 Å². The molecule has 5 N–H and O–H groups in total. The van der Waals surface area contributed by atoms with E-state index in [1.807, 2.05) is 0 Å². The maximum absolute atomic E-state index is 11.0. The number of aromatic nitrogens is 1. The van der Waals surface area contributed by atoms with E-state index in [1.165, 1.54) is 18.3 Å². The average molecular weight is 279 g/mol. The van der Waals surface area contributed by atoms with Crippen LogP contribution in [0.15, 0.2) is 24.4 Å². The van der Waals surface area contributed by atoms with Crippen LogP contribution in [0, 0.1) is 0 Å². The standard InChI is InChI=1S/C13H13NO6/c15-10(4-11(16)17)12(18)6-1-2-9-7(3-6)8(5-14-9)13(19)20/h1-3,5,10,12,14-15,18H,4H2,(H,16,17)(H,19,20). The van der Waals surface area contributed by atoms with Crippen molar-refractivity contribution >= 4 is 22.8 Å². The Bertz CT molecular complexity index is 662. The number of rotatable bonds is 5. The number of aliphatic hydroxyl groups excluding tert-OH is 2. The summed E-state index contributed by atoms with van der Waals surface area (Å²) in [6.07, 6.45) is -2.13. The molecule has 0 radical (unpaired) electrons. The lowest BCUT2D eigenvalue weighted by atomic mass is 10.00. The highest BCUT2D eigenvalue weighted by atomic mass is 16.4. The van der Waals surface area contributed by atoms with Crippen LogP contribution in [0.5, 0.6) is 0 Å².